The number of hydrogen-bond donors (Lipinski definition) is 2. The van der Waals surface area contributed by atoms with Crippen molar-refractivity contribution in [2.75, 3.05) is 13.2 Å². The molecule has 0 aliphatic carbocycles. The molecule has 0 spiro atoms. The van der Waals surface area contributed by atoms with Crippen molar-refractivity contribution in [2.45, 2.75) is 6.42 Å². The molecule has 0 radical (unpaired) electrons. The van der Waals surface area contributed by atoms with E-state index in [1.165, 1.54) is 0 Å². The summed E-state index contributed by atoms with van der Waals surface area (Å²) in [4.78, 5) is 0. The Bertz CT molecular complexity index is 259. The van der Waals surface area contributed by atoms with Crippen LogP contribution in [0.2, 0.25) is 5.02 Å². The third kappa shape index (κ3) is 3.35. The lowest BCUT2D eigenvalue weighted by Crippen LogP contribution is -2.13. The third-order valence-electron chi connectivity index (χ3n) is 1.93. The van der Waals surface area contributed by atoms with Crippen molar-refractivity contribution in [3.8, 4) is 0 Å². The number of aliphatic hydroxyl groups excluding tert-OH is 2. The van der Waals surface area contributed by atoms with Crippen LogP contribution in [-0.4, -0.2) is 23.4 Å². The monoisotopic (exact) mass is 200 g/mol. The van der Waals surface area contributed by atoms with Gasteiger partial charge in [0.25, 0.3) is 0 Å². The maximum atomic E-state index is 8.86. The number of hydrogen-bond acceptors (Lipinski definition) is 2. The summed E-state index contributed by atoms with van der Waals surface area (Å²) in [6, 6.07) is 7.45. The summed E-state index contributed by atoms with van der Waals surface area (Å²) in [5.74, 6) is -0.0848. The fraction of sp³-hybridized carbons (Fsp3) is 0.400. The third-order valence-corrected chi connectivity index (χ3v) is 2.16. The van der Waals surface area contributed by atoms with Gasteiger partial charge in [-0.15, -0.1) is 0 Å². The Morgan fingerprint density at radius 1 is 1.23 bits per heavy atom. The highest BCUT2D eigenvalue weighted by atomic mass is 35.5. The van der Waals surface area contributed by atoms with E-state index in [0.717, 1.165) is 5.56 Å². The van der Waals surface area contributed by atoms with Gasteiger partial charge in [-0.2, -0.15) is 0 Å². The molecule has 0 unspecified atom stereocenters. The van der Waals surface area contributed by atoms with E-state index < -0.39 is 0 Å². The van der Waals surface area contributed by atoms with Gasteiger partial charge in [-0.05, 0) is 24.1 Å². The molecule has 72 valence electrons. The zero-order valence-electron chi connectivity index (χ0n) is 7.28. The number of halogens is 1. The lowest BCUT2D eigenvalue weighted by Gasteiger charge is -2.10. The highest BCUT2D eigenvalue weighted by Gasteiger charge is 2.06. The van der Waals surface area contributed by atoms with E-state index in [0.29, 0.717) is 11.4 Å². The predicted octanol–water partition coefficient (Wildman–Crippen LogP) is 1.48. The van der Waals surface area contributed by atoms with Crippen LogP contribution in [0.15, 0.2) is 24.3 Å². The smallest absolute Gasteiger partial charge is 0.0484 e. The fourth-order valence-corrected chi connectivity index (χ4v) is 1.40. The number of aliphatic hydroxyl groups is 2. The van der Waals surface area contributed by atoms with E-state index in [1.807, 2.05) is 18.2 Å². The van der Waals surface area contributed by atoms with Crippen molar-refractivity contribution in [3.63, 3.8) is 0 Å². The SMILES string of the molecule is OCC(CO)Cc1cccc(Cl)c1. The van der Waals surface area contributed by atoms with Gasteiger partial charge in [0.15, 0.2) is 0 Å². The second-order valence-electron chi connectivity index (χ2n) is 3.07. The molecule has 1 rings (SSSR count). The number of rotatable bonds is 4. The Balaban J connectivity index is 2.62. The molecule has 0 heterocycles. The molecule has 0 saturated heterocycles. The molecule has 13 heavy (non-hydrogen) atoms. The fourth-order valence-electron chi connectivity index (χ4n) is 1.18. The van der Waals surface area contributed by atoms with Gasteiger partial charge in [0, 0.05) is 24.2 Å². The minimum absolute atomic E-state index is 0.00299. The summed E-state index contributed by atoms with van der Waals surface area (Å²) in [5, 5.41) is 18.4. The first-order chi connectivity index (χ1) is 6.26. The van der Waals surface area contributed by atoms with Crippen molar-refractivity contribution in [2.24, 2.45) is 5.92 Å². The lowest BCUT2D eigenvalue weighted by atomic mass is 10.0. The van der Waals surface area contributed by atoms with Crippen molar-refractivity contribution < 1.29 is 10.2 Å². The largest absolute Gasteiger partial charge is 0.396 e. The zero-order valence-corrected chi connectivity index (χ0v) is 8.04. The molecular formula is C10H13ClO2. The second-order valence-corrected chi connectivity index (χ2v) is 3.50. The summed E-state index contributed by atoms with van der Waals surface area (Å²) >= 11 is 5.79. The Morgan fingerprint density at radius 3 is 2.46 bits per heavy atom. The van der Waals surface area contributed by atoms with E-state index in [1.54, 1.807) is 6.07 Å². The molecule has 0 saturated carbocycles. The quantitative estimate of drug-likeness (QED) is 0.773. The molecule has 0 aromatic heterocycles. The van der Waals surface area contributed by atoms with Gasteiger partial charge in [-0.3, -0.25) is 0 Å². The Labute approximate surface area is 82.8 Å². The molecule has 0 aliphatic rings. The summed E-state index contributed by atoms with van der Waals surface area (Å²) < 4.78 is 0. The van der Waals surface area contributed by atoms with E-state index in [4.69, 9.17) is 21.8 Å². The molecule has 1 aromatic rings. The predicted molar refractivity (Wildman–Crippen MR) is 52.8 cm³/mol. The van der Waals surface area contributed by atoms with Gasteiger partial charge in [0.05, 0.1) is 0 Å². The molecule has 0 bridgehead atoms. The zero-order chi connectivity index (χ0) is 9.68. The molecular weight excluding hydrogens is 188 g/mol. The molecule has 2 nitrogen and oxygen atoms in total. The lowest BCUT2D eigenvalue weighted by molar-refractivity contribution is 0.150. The van der Waals surface area contributed by atoms with Crippen molar-refractivity contribution in [1.82, 2.24) is 0 Å². The van der Waals surface area contributed by atoms with Gasteiger partial charge in [0.2, 0.25) is 0 Å². The van der Waals surface area contributed by atoms with Crippen LogP contribution in [0.25, 0.3) is 0 Å². The van der Waals surface area contributed by atoms with Crippen LogP contribution in [0.5, 0.6) is 0 Å². The van der Waals surface area contributed by atoms with E-state index in [9.17, 15) is 0 Å². The summed E-state index contributed by atoms with van der Waals surface area (Å²) in [6.45, 7) is 0.00598. The van der Waals surface area contributed by atoms with Crippen LogP contribution in [-0.2, 0) is 6.42 Å². The molecule has 3 heteroatoms. The normalized spacial score (nSPS) is 10.8. The average molecular weight is 201 g/mol. The van der Waals surface area contributed by atoms with Crippen LogP contribution >= 0.6 is 11.6 Å². The minimum atomic E-state index is -0.0848. The molecule has 0 atom stereocenters. The standard InChI is InChI=1S/C10H13ClO2/c11-10-3-1-2-8(5-10)4-9(6-12)7-13/h1-3,5,9,12-13H,4,6-7H2. The average Bonchev–Trinajstić information content (AvgIpc) is 2.14. The van der Waals surface area contributed by atoms with E-state index >= 15 is 0 Å². The second kappa shape index (κ2) is 5.22. The van der Waals surface area contributed by atoms with Crippen LogP contribution in [0.1, 0.15) is 5.56 Å². The molecule has 0 aliphatic heterocycles. The van der Waals surface area contributed by atoms with Crippen molar-refractivity contribution in [3.05, 3.63) is 34.9 Å². The maximum absolute atomic E-state index is 8.86. The first-order valence-electron chi connectivity index (χ1n) is 4.22. The first kappa shape index (κ1) is 10.5. The van der Waals surface area contributed by atoms with Crippen molar-refractivity contribution >= 4 is 11.6 Å². The minimum Gasteiger partial charge on any atom is -0.396 e. The van der Waals surface area contributed by atoms with Crippen LogP contribution in [0.3, 0.4) is 0 Å². The van der Waals surface area contributed by atoms with E-state index in [-0.39, 0.29) is 19.1 Å². The Hall–Kier alpha value is -0.570. The summed E-state index contributed by atoms with van der Waals surface area (Å²) in [5.41, 5.74) is 1.04. The van der Waals surface area contributed by atoms with Gasteiger partial charge in [0.1, 0.15) is 0 Å². The molecule has 0 amide bonds. The van der Waals surface area contributed by atoms with Crippen LogP contribution < -0.4 is 0 Å². The molecule has 2 N–H and O–H groups in total. The summed E-state index contributed by atoms with van der Waals surface area (Å²) in [6.07, 6.45) is 0.660. The maximum Gasteiger partial charge on any atom is 0.0484 e. The highest BCUT2D eigenvalue weighted by Crippen LogP contribution is 2.14. The van der Waals surface area contributed by atoms with Crippen LogP contribution in [0, 0.1) is 5.92 Å². The Morgan fingerprint density at radius 2 is 1.92 bits per heavy atom. The number of benzene rings is 1. The topological polar surface area (TPSA) is 40.5 Å². The van der Waals surface area contributed by atoms with Gasteiger partial charge in [-0.1, -0.05) is 23.7 Å². The van der Waals surface area contributed by atoms with Gasteiger partial charge < -0.3 is 10.2 Å². The van der Waals surface area contributed by atoms with Crippen molar-refractivity contribution in [1.29, 1.82) is 0 Å². The highest BCUT2D eigenvalue weighted by molar-refractivity contribution is 6.30. The van der Waals surface area contributed by atoms with Gasteiger partial charge in [-0.25, -0.2) is 0 Å². The molecule has 1 aromatic carbocycles. The Kier molecular flexibility index (Phi) is 4.22. The first-order valence-corrected chi connectivity index (χ1v) is 4.60. The molecule has 0 fully saturated rings. The van der Waals surface area contributed by atoms with Crippen LogP contribution in [0.4, 0.5) is 0 Å². The summed E-state index contributed by atoms with van der Waals surface area (Å²) in [7, 11) is 0. The van der Waals surface area contributed by atoms with Gasteiger partial charge >= 0.3 is 0 Å². The van der Waals surface area contributed by atoms with E-state index in [2.05, 4.69) is 0 Å².